The molecule has 2 aromatic carbocycles. The van der Waals surface area contributed by atoms with Gasteiger partial charge in [-0.05, 0) is 24.3 Å². The van der Waals surface area contributed by atoms with Crippen LogP contribution >= 0.6 is 0 Å². The third kappa shape index (κ3) is 3.07. The molecular formula is C14H11F2NO2. The Bertz CT molecular complexity index is 614. The number of hydrogen-bond donors (Lipinski definition) is 1. The zero-order chi connectivity index (χ0) is 13.8. The van der Waals surface area contributed by atoms with Gasteiger partial charge in [0.25, 0.3) is 0 Å². The zero-order valence-electron chi connectivity index (χ0n) is 9.90. The number of ether oxygens (including phenoxy) is 1. The second kappa shape index (κ2) is 5.48. The van der Waals surface area contributed by atoms with Gasteiger partial charge in [-0.3, -0.25) is 0 Å². The largest absolute Gasteiger partial charge is 0.457 e. The maximum atomic E-state index is 13.3. The van der Waals surface area contributed by atoms with Gasteiger partial charge in [0.1, 0.15) is 6.61 Å². The predicted octanol–water partition coefficient (Wildman–Crippen LogP) is 2.90. The summed E-state index contributed by atoms with van der Waals surface area (Å²) in [6, 6.07) is 9.91. The van der Waals surface area contributed by atoms with Crippen molar-refractivity contribution in [1.29, 1.82) is 0 Å². The van der Waals surface area contributed by atoms with E-state index in [9.17, 15) is 13.6 Å². The summed E-state index contributed by atoms with van der Waals surface area (Å²) < 4.78 is 31.2. The first kappa shape index (κ1) is 13.0. The molecule has 0 aromatic heterocycles. The summed E-state index contributed by atoms with van der Waals surface area (Å²) in [4.78, 5) is 11.7. The lowest BCUT2D eigenvalue weighted by molar-refractivity contribution is 0.0468. The highest BCUT2D eigenvalue weighted by atomic mass is 19.2. The van der Waals surface area contributed by atoms with Crippen molar-refractivity contribution < 1.29 is 18.3 Å². The van der Waals surface area contributed by atoms with Gasteiger partial charge in [-0.1, -0.05) is 18.2 Å². The average Bonchev–Trinajstić information content (AvgIpc) is 2.40. The molecule has 0 aliphatic carbocycles. The average molecular weight is 263 g/mol. The number of nitrogens with two attached hydrogens (primary N) is 1. The summed E-state index contributed by atoms with van der Waals surface area (Å²) in [6.45, 7) is -0.336. The fourth-order valence-corrected chi connectivity index (χ4v) is 1.55. The minimum Gasteiger partial charge on any atom is -0.457 e. The summed E-state index contributed by atoms with van der Waals surface area (Å²) >= 11 is 0. The second-order valence-corrected chi connectivity index (χ2v) is 3.91. The minimum absolute atomic E-state index is 0.0164. The molecule has 0 spiro atoms. The van der Waals surface area contributed by atoms with E-state index in [-0.39, 0.29) is 17.7 Å². The molecule has 0 aliphatic heterocycles. The van der Waals surface area contributed by atoms with E-state index < -0.39 is 17.6 Å². The second-order valence-electron chi connectivity index (χ2n) is 3.91. The number of carbonyl (C=O) groups excluding carboxylic acids is 1. The Morgan fingerprint density at radius 1 is 1.16 bits per heavy atom. The standard InChI is InChI=1S/C14H11F2NO2/c15-12-6-2-4-10(13(12)16)8-19-14(18)9-3-1-5-11(17)7-9/h1-7H,8,17H2. The number of rotatable bonds is 3. The molecular weight excluding hydrogens is 252 g/mol. The number of esters is 1. The number of benzene rings is 2. The van der Waals surface area contributed by atoms with Gasteiger partial charge in [-0.2, -0.15) is 0 Å². The molecule has 19 heavy (non-hydrogen) atoms. The van der Waals surface area contributed by atoms with Crippen molar-refractivity contribution in [2.45, 2.75) is 6.61 Å². The third-order valence-corrected chi connectivity index (χ3v) is 2.51. The summed E-state index contributed by atoms with van der Waals surface area (Å²) in [5.41, 5.74) is 6.20. The summed E-state index contributed by atoms with van der Waals surface area (Å²) in [5.74, 6) is -2.63. The molecule has 2 aromatic rings. The summed E-state index contributed by atoms with van der Waals surface area (Å²) in [5, 5.41) is 0. The van der Waals surface area contributed by atoms with E-state index in [2.05, 4.69) is 0 Å². The Labute approximate surface area is 108 Å². The molecule has 98 valence electrons. The van der Waals surface area contributed by atoms with Crippen LogP contribution in [0.2, 0.25) is 0 Å². The lowest BCUT2D eigenvalue weighted by Crippen LogP contribution is -2.07. The SMILES string of the molecule is Nc1cccc(C(=O)OCc2cccc(F)c2F)c1. The lowest BCUT2D eigenvalue weighted by atomic mass is 10.2. The molecule has 0 bridgehead atoms. The molecule has 0 saturated carbocycles. The van der Waals surface area contributed by atoms with Crippen molar-refractivity contribution in [2.75, 3.05) is 5.73 Å². The maximum absolute atomic E-state index is 13.3. The normalized spacial score (nSPS) is 10.2. The van der Waals surface area contributed by atoms with Crippen molar-refractivity contribution in [1.82, 2.24) is 0 Å². The minimum atomic E-state index is -1.01. The third-order valence-electron chi connectivity index (χ3n) is 2.51. The van der Waals surface area contributed by atoms with Crippen LogP contribution in [-0.4, -0.2) is 5.97 Å². The molecule has 0 aliphatic rings. The molecule has 5 heteroatoms. The van der Waals surface area contributed by atoms with Crippen molar-refractivity contribution in [3.05, 3.63) is 65.2 Å². The van der Waals surface area contributed by atoms with Gasteiger partial charge in [-0.25, -0.2) is 13.6 Å². The number of carbonyl (C=O) groups is 1. The maximum Gasteiger partial charge on any atom is 0.338 e. The summed E-state index contributed by atoms with van der Waals surface area (Å²) in [7, 11) is 0. The molecule has 0 unspecified atom stereocenters. The number of nitrogen functional groups attached to an aromatic ring is 1. The van der Waals surface area contributed by atoms with Crippen LogP contribution in [-0.2, 0) is 11.3 Å². The van der Waals surface area contributed by atoms with Gasteiger partial charge < -0.3 is 10.5 Å². The molecule has 0 heterocycles. The van der Waals surface area contributed by atoms with Gasteiger partial charge in [0.2, 0.25) is 0 Å². The predicted molar refractivity (Wildman–Crippen MR) is 66.3 cm³/mol. The van der Waals surface area contributed by atoms with E-state index in [1.807, 2.05) is 0 Å². The topological polar surface area (TPSA) is 52.3 Å². The van der Waals surface area contributed by atoms with Crippen LogP contribution in [0.5, 0.6) is 0 Å². The Kier molecular flexibility index (Phi) is 3.75. The van der Waals surface area contributed by atoms with Gasteiger partial charge in [0, 0.05) is 11.3 Å². The number of hydrogen-bond acceptors (Lipinski definition) is 3. The van der Waals surface area contributed by atoms with E-state index in [4.69, 9.17) is 10.5 Å². The molecule has 0 fully saturated rings. The number of anilines is 1. The fourth-order valence-electron chi connectivity index (χ4n) is 1.55. The molecule has 3 nitrogen and oxygen atoms in total. The van der Waals surface area contributed by atoms with Crippen LogP contribution in [0.4, 0.5) is 14.5 Å². The molecule has 0 amide bonds. The van der Waals surface area contributed by atoms with E-state index in [0.29, 0.717) is 5.69 Å². The van der Waals surface area contributed by atoms with Crippen molar-refractivity contribution in [2.24, 2.45) is 0 Å². The van der Waals surface area contributed by atoms with Crippen LogP contribution in [0.3, 0.4) is 0 Å². The van der Waals surface area contributed by atoms with Gasteiger partial charge in [0.15, 0.2) is 11.6 Å². The first-order valence-corrected chi connectivity index (χ1v) is 5.53. The highest BCUT2D eigenvalue weighted by Gasteiger charge is 2.11. The molecule has 2 rings (SSSR count). The van der Waals surface area contributed by atoms with E-state index in [0.717, 1.165) is 6.07 Å². The first-order chi connectivity index (χ1) is 9.08. The lowest BCUT2D eigenvalue weighted by Gasteiger charge is -2.06. The van der Waals surface area contributed by atoms with Gasteiger partial charge in [-0.15, -0.1) is 0 Å². The Balaban J connectivity index is 2.07. The molecule has 0 atom stereocenters. The molecule has 2 N–H and O–H groups in total. The smallest absolute Gasteiger partial charge is 0.338 e. The molecule has 0 radical (unpaired) electrons. The fraction of sp³-hybridized carbons (Fsp3) is 0.0714. The van der Waals surface area contributed by atoms with Crippen LogP contribution < -0.4 is 5.73 Å². The van der Waals surface area contributed by atoms with E-state index >= 15 is 0 Å². The van der Waals surface area contributed by atoms with E-state index in [1.54, 1.807) is 12.1 Å². The monoisotopic (exact) mass is 263 g/mol. The van der Waals surface area contributed by atoms with Crippen LogP contribution in [0.1, 0.15) is 15.9 Å². The number of halogens is 2. The zero-order valence-corrected chi connectivity index (χ0v) is 9.90. The van der Waals surface area contributed by atoms with Crippen LogP contribution in [0, 0.1) is 11.6 Å². The first-order valence-electron chi connectivity index (χ1n) is 5.53. The highest BCUT2D eigenvalue weighted by molar-refractivity contribution is 5.90. The summed E-state index contributed by atoms with van der Waals surface area (Å²) in [6.07, 6.45) is 0. The Hall–Kier alpha value is -2.43. The highest BCUT2D eigenvalue weighted by Crippen LogP contribution is 2.14. The molecule has 0 saturated heterocycles. The van der Waals surface area contributed by atoms with Crippen molar-refractivity contribution in [3.8, 4) is 0 Å². The van der Waals surface area contributed by atoms with E-state index in [1.165, 1.54) is 24.3 Å². The van der Waals surface area contributed by atoms with Gasteiger partial charge >= 0.3 is 5.97 Å². The van der Waals surface area contributed by atoms with Crippen molar-refractivity contribution in [3.63, 3.8) is 0 Å². The quantitative estimate of drug-likeness (QED) is 0.684. The van der Waals surface area contributed by atoms with Crippen LogP contribution in [0.15, 0.2) is 42.5 Å². The van der Waals surface area contributed by atoms with Crippen molar-refractivity contribution >= 4 is 11.7 Å². The van der Waals surface area contributed by atoms with Crippen LogP contribution in [0.25, 0.3) is 0 Å². The Morgan fingerprint density at radius 3 is 2.63 bits per heavy atom. The Morgan fingerprint density at radius 2 is 1.89 bits per heavy atom. The van der Waals surface area contributed by atoms with Gasteiger partial charge in [0.05, 0.1) is 5.56 Å².